The van der Waals surface area contributed by atoms with E-state index in [4.69, 9.17) is 34.8 Å². The van der Waals surface area contributed by atoms with Crippen LogP contribution in [0.3, 0.4) is 0 Å². The Morgan fingerprint density at radius 3 is 2.36 bits per heavy atom. The lowest BCUT2D eigenvalue weighted by Crippen LogP contribution is -2.31. The van der Waals surface area contributed by atoms with Crippen LogP contribution in [0.25, 0.3) is 0 Å². The summed E-state index contributed by atoms with van der Waals surface area (Å²) >= 11 is 0. The van der Waals surface area contributed by atoms with Crippen molar-refractivity contribution in [2.24, 2.45) is 16.5 Å². The number of benzene rings is 1. The second-order valence-corrected chi connectivity index (χ2v) is 16.5. The van der Waals surface area contributed by atoms with Crippen molar-refractivity contribution in [3.8, 4) is 5.75 Å². The standard InChI is InChI=1S/C13H26N3O5P4/c1-4-13(2,23(15)24(16)22-14)21-11-7-5-10(6-8-11)12(17)25(18-3)19-9-20-25/h5-8,12,17,22H,4,9,14-16H2,1-3H3/q+1. The highest BCUT2D eigenvalue weighted by molar-refractivity contribution is 8.55. The molecule has 1 saturated heterocycles. The van der Waals surface area contributed by atoms with Crippen LogP contribution >= 0.6 is 31.6 Å². The molecule has 5 unspecified atom stereocenters. The molecule has 2 rings (SSSR count). The van der Waals surface area contributed by atoms with E-state index in [-0.39, 0.29) is 15.2 Å². The van der Waals surface area contributed by atoms with Crippen LogP contribution in [-0.4, -0.2) is 24.4 Å². The predicted octanol–water partition coefficient (Wildman–Crippen LogP) is 3.69. The van der Waals surface area contributed by atoms with Gasteiger partial charge in [0.15, 0.2) is 0 Å². The average molecular weight is 428 g/mol. The zero-order valence-electron chi connectivity index (χ0n) is 14.5. The molecule has 0 amide bonds. The second kappa shape index (κ2) is 9.10. The van der Waals surface area contributed by atoms with Crippen molar-refractivity contribution >= 4 is 31.6 Å². The lowest BCUT2D eigenvalue weighted by atomic mass is 10.2. The summed E-state index contributed by atoms with van der Waals surface area (Å²) in [4.78, 5) is 0. The first-order valence-electron chi connectivity index (χ1n) is 7.58. The third-order valence-corrected chi connectivity index (χ3v) is 14.9. The predicted molar refractivity (Wildman–Crippen MR) is 106 cm³/mol. The molecule has 0 aliphatic carbocycles. The van der Waals surface area contributed by atoms with E-state index in [0.29, 0.717) is 11.3 Å². The molecule has 0 saturated carbocycles. The highest BCUT2D eigenvalue weighted by Gasteiger charge is 2.61. The lowest BCUT2D eigenvalue weighted by Gasteiger charge is -2.37. The average Bonchev–Trinajstić information content (AvgIpc) is 2.60. The number of rotatable bonds is 9. The Morgan fingerprint density at radius 2 is 1.96 bits per heavy atom. The van der Waals surface area contributed by atoms with Gasteiger partial charge in [0.25, 0.3) is 5.85 Å². The molecule has 1 aromatic rings. The van der Waals surface area contributed by atoms with Crippen LogP contribution in [0.2, 0.25) is 0 Å². The molecular weight excluding hydrogens is 402 g/mol. The van der Waals surface area contributed by atoms with E-state index in [2.05, 4.69) is 0 Å². The lowest BCUT2D eigenvalue weighted by molar-refractivity contribution is -0.0444. The van der Waals surface area contributed by atoms with Crippen LogP contribution < -0.4 is 21.2 Å². The number of aliphatic hydroxyl groups excluding tert-OH is 1. The van der Waals surface area contributed by atoms with Crippen LogP contribution in [0, 0.1) is 0 Å². The normalized spacial score (nSPS) is 22.8. The molecule has 5 atom stereocenters. The van der Waals surface area contributed by atoms with E-state index in [1.54, 1.807) is 24.3 Å². The largest absolute Gasteiger partial charge is 0.481 e. The minimum atomic E-state index is -2.69. The van der Waals surface area contributed by atoms with E-state index in [1.165, 1.54) is 7.11 Å². The molecule has 0 bridgehead atoms. The summed E-state index contributed by atoms with van der Waals surface area (Å²) in [6.45, 7) is 4.12. The second-order valence-electron chi connectivity index (χ2n) is 5.49. The summed E-state index contributed by atoms with van der Waals surface area (Å²) in [5.74, 6) is -0.304. The van der Waals surface area contributed by atoms with E-state index in [1.807, 2.05) is 13.8 Å². The van der Waals surface area contributed by atoms with Crippen LogP contribution in [0.4, 0.5) is 0 Å². The summed E-state index contributed by atoms with van der Waals surface area (Å²) in [6.07, 6.45) is 0.722. The first-order chi connectivity index (χ1) is 11.8. The van der Waals surface area contributed by atoms with Crippen molar-refractivity contribution in [2.75, 3.05) is 13.9 Å². The zero-order chi connectivity index (χ0) is 18.7. The maximum Gasteiger partial charge on any atom is 0.452 e. The fourth-order valence-electron chi connectivity index (χ4n) is 2.22. The molecule has 1 fully saturated rings. The molecule has 142 valence electrons. The molecule has 0 aromatic heterocycles. The Hall–Kier alpha value is 0.460. The van der Waals surface area contributed by atoms with Crippen molar-refractivity contribution in [3.05, 3.63) is 29.8 Å². The molecule has 1 aliphatic heterocycles. The molecule has 0 radical (unpaired) electrons. The van der Waals surface area contributed by atoms with Gasteiger partial charge in [-0.3, -0.25) is 0 Å². The van der Waals surface area contributed by atoms with Gasteiger partial charge in [-0.25, -0.2) is 0 Å². The van der Waals surface area contributed by atoms with Crippen molar-refractivity contribution in [1.82, 2.24) is 0 Å². The smallest absolute Gasteiger partial charge is 0.452 e. The molecule has 1 aliphatic rings. The summed E-state index contributed by atoms with van der Waals surface area (Å²) < 4.78 is 22.0. The van der Waals surface area contributed by atoms with Gasteiger partial charge in [0, 0.05) is 13.0 Å². The highest BCUT2D eigenvalue weighted by Crippen LogP contribution is 2.76. The van der Waals surface area contributed by atoms with E-state index in [9.17, 15) is 5.11 Å². The van der Waals surface area contributed by atoms with Crippen molar-refractivity contribution in [1.29, 1.82) is 0 Å². The number of nitrogens with two attached hydrogens (primary N) is 3. The quantitative estimate of drug-likeness (QED) is 0.438. The summed E-state index contributed by atoms with van der Waals surface area (Å²) in [7, 11) is -3.05. The topological polar surface area (TPSA) is 135 Å². The Kier molecular flexibility index (Phi) is 7.92. The summed E-state index contributed by atoms with van der Waals surface area (Å²) in [5, 5.41) is 9.89. The number of hydrogen-bond donors (Lipinski definition) is 4. The fraction of sp³-hybridized carbons (Fsp3) is 0.538. The maximum absolute atomic E-state index is 10.4. The van der Waals surface area contributed by atoms with Crippen LogP contribution in [0.5, 0.6) is 5.75 Å². The SMILES string of the molecule is CCC(C)(Oc1ccc(C(O)[P+]2(OC)OCO2)cc1)P(N)P(N)PN. The molecule has 8 nitrogen and oxygen atoms in total. The van der Waals surface area contributed by atoms with E-state index in [0.717, 1.165) is 6.42 Å². The molecule has 1 heterocycles. The van der Waals surface area contributed by atoms with Crippen molar-refractivity contribution < 1.29 is 23.4 Å². The van der Waals surface area contributed by atoms with Gasteiger partial charge in [-0.05, 0) is 46.0 Å². The monoisotopic (exact) mass is 428 g/mol. The van der Waals surface area contributed by atoms with Gasteiger partial charge in [-0.15, -0.1) is 9.05 Å². The summed E-state index contributed by atoms with van der Waals surface area (Å²) in [6, 6.07) is 7.09. The van der Waals surface area contributed by atoms with Gasteiger partial charge < -0.3 is 26.4 Å². The molecule has 0 spiro atoms. The maximum atomic E-state index is 10.4. The van der Waals surface area contributed by atoms with Gasteiger partial charge >= 0.3 is 7.94 Å². The molecule has 1 aromatic carbocycles. The van der Waals surface area contributed by atoms with Gasteiger partial charge in [-0.2, -0.15) is 4.52 Å². The first-order valence-corrected chi connectivity index (χ1v) is 14.6. The van der Waals surface area contributed by atoms with Crippen LogP contribution in [-0.2, 0) is 13.6 Å². The van der Waals surface area contributed by atoms with E-state index >= 15 is 0 Å². The Labute approximate surface area is 152 Å². The molecule has 25 heavy (non-hydrogen) atoms. The van der Waals surface area contributed by atoms with Gasteiger partial charge in [-0.1, -0.05) is 6.92 Å². The minimum absolute atomic E-state index is 0.138. The Bertz CT molecular complexity index is 560. The first kappa shape index (κ1) is 21.8. The summed E-state index contributed by atoms with van der Waals surface area (Å²) in [5.41, 5.74) is 18.7. The Morgan fingerprint density at radius 1 is 1.36 bits per heavy atom. The molecular formula is C13H26N3O5P4+. The number of aliphatic hydroxyl groups is 1. The van der Waals surface area contributed by atoms with Gasteiger partial charge in [0.1, 0.15) is 11.1 Å². The van der Waals surface area contributed by atoms with Crippen molar-refractivity contribution in [3.63, 3.8) is 0 Å². The third-order valence-electron chi connectivity index (χ3n) is 4.04. The van der Waals surface area contributed by atoms with Crippen molar-refractivity contribution in [2.45, 2.75) is 31.5 Å². The zero-order valence-corrected chi connectivity index (χ0v) is 18.1. The number of hydrogen-bond acceptors (Lipinski definition) is 8. The van der Waals surface area contributed by atoms with Crippen LogP contribution in [0.15, 0.2) is 24.3 Å². The van der Waals surface area contributed by atoms with Gasteiger partial charge in [0.05, 0.1) is 14.9 Å². The third kappa shape index (κ3) is 4.66. The van der Waals surface area contributed by atoms with E-state index < -0.39 is 34.3 Å². The highest BCUT2D eigenvalue weighted by atomic mass is 32.5. The van der Waals surface area contributed by atoms with Gasteiger partial charge in [0.2, 0.25) is 6.79 Å². The minimum Gasteiger partial charge on any atom is -0.481 e. The van der Waals surface area contributed by atoms with Crippen LogP contribution in [0.1, 0.15) is 31.7 Å². The fourth-order valence-corrected chi connectivity index (χ4v) is 10.2. The molecule has 12 heteroatoms. The molecule has 7 N–H and O–H groups in total. The Balaban J connectivity index is 2.11. The number of ether oxygens (including phenoxy) is 1.